The van der Waals surface area contributed by atoms with Gasteiger partial charge in [-0.1, -0.05) is 18.2 Å². The summed E-state index contributed by atoms with van der Waals surface area (Å²) in [6.45, 7) is 0.634. The fourth-order valence-corrected chi connectivity index (χ4v) is 2.04. The average molecular weight is 325 g/mol. The van der Waals surface area contributed by atoms with Crippen LogP contribution in [0.2, 0.25) is 0 Å². The molecule has 2 rings (SSSR count). The zero-order chi connectivity index (χ0) is 17.0. The highest BCUT2D eigenvalue weighted by Crippen LogP contribution is 2.29. The first-order valence-electron chi connectivity index (χ1n) is 6.64. The van der Waals surface area contributed by atoms with E-state index in [1.54, 1.807) is 18.0 Å². The molecule has 1 aromatic heterocycles. The van der Waals surface area contributed by atoms with E-state index >= 15 is 0 Å². The summed E-state index contributed by atoms with van der Waals surface area (Å²) in [4.78, 5) is 20.2. The Hall–Kier alpha value is -2.48. The molecule has 0 bridgehead atoms. The van der Waals surface area contributed by atoms with E-state index in [4.69, 9.17) is 5.11 Å². The smallest absolute Gasteiger partial charge is 0.416 e. The third-order valence-corrected chi connectivity index (χ3v) is 3.06. The largest absolute Gasteiger partial charge is 0.476 e. The number of carboxylic acid groups (broad SMARTS) is 1. The van der Waals surface area contributed by atoms with Crippen LogP contribution in [-0.4, -0.2) is 33.0 Å². The third kappa shape index (κ3) is 4.75. The molecular formula is C15H14F3N3O2. The number of alkyl halides is 3. The van der Waals surface area contributed by atoms with Crippen molar-refractivity contribution in [3.8, 4) is 0 Å². The first-order valence-corrected chi connectivity index (χ1v) is 6.64. The molecule has 122 valence electrons. The second-order valence-electron chi connectivity index (χ2n) is 5.07. The van der Waals surface area contributed by atoms with Crippen molar-refractivity contribution in [3.05, 3.63) is 59.2 Å². The van der Waals surface area contributed by atoms with Crippen LogP contribution < -0.4 is 0 Å². The zero-order valence-electron chi connectivity index (χ0n) is 12.2. The molecule has 23 heavy (non-hydrogen) atoms. The predicted octanol–water partition coefficient (Wildman–Crippen LogP) is 2.83. The minimum absolute atomic E-state index is 0.158. The van der Waals surface area contributed by atoms with Gasteiger partial charge in [-0.05, 0) is 18.7 Å². The van der Waals surface area contributed by atoms with E-state index in [1.807, 2.05) is 0 Å². The van der Waals surface area contributed by atoms with Crippen LogP contribution in [0.15, 0.2) is 36.7 Å². The lowest BCUT2D eigenvalue weighted by Crippen LogP contribution is -2.19. The summed E-state index contributed by atoms with van der Waals surface area (Å²) in [5.74, 6) is -1.17. The number of carbonyl (C=O) groups is 1. The van der Waals surface area contributed by atoms with Crippen LogP contribution in [-0.2, 0) is 19.3 Å². The van der Waals surface area contributed by atoms with E-state index in [-0.39, 0.29) is 5.69 Å². The molecule has 0 fully saturated rings. The molecule has 1 heterocycles. The van der Waals surface area contributed by atoms with Gasteiger partial charge >= 0.3 is 12.1 Å². The Kier molecular flexibility index (Phi) is 4.95. The van der Waals surface area contributed by atoms with Crippen molar-refractivity contribution in [3.63, 3.8) is 0 Å². The van der Waals surface area contributed by atoms with Gasteiger partial charge in [0.1, 0.15) is 0 Å². The zero-order valence-corrected chi connectivity index (χ0v) is 12.2. The lowest BCUT2D eigenvalue weighted by atomic mass is 10.1. The molecule has 0 saturated heterocycles. The summed E-state index contributed by atoms with van der Waals surface area (Å²) in [6.07, 6.45) is -1.88. The number of aromatic carboxylic acids is 1. The molecule has 0 saturated carbocycles. The molecule has 0 atom stereocenters. The van der Waals surface area contributed by atoms with Gasteiger partial charge in [0.2, 0.25) is 0 Å². The summed E-state index contributed by atoms with van der Waals surface area (Å²) in [5, 5.41) is 8.74. The Morgan fingerprint density at radius 3 is 2.52 bits per heavy atom. The minimum atomic E-state index is -4.37. The Morgan fingerprint density at radius 1 is 1.22 bits per heavy atom. The number of aromatic nitrogens is 2. The standard InChI is InChI=1S/C15H14F3N3O2/c1-21(9-12-6-20-13(7-19-12)14(22)23)8-10-3-2-4-11(5-10)15(16,17)18/h2-7H,8-9H2,1H3,(H,22,23). The second kappa shape index (κ2) is 6.74. The molecule has 1 aromatic carbocycles. The van der Waals surface area contributed by atoms with E-state index in [2.05, 4.69) is 9.97 Å². The highest BCUT2D eigenvalue weighted by molar-refractivity contribution is 5.84. The van der Waals surface area contributed by atoms with E-state index < -0.39 is 17.7 Å². The molecule has 0 aliphatic rings. The van der Waals surface area contributed by atoms with Crippen molar-refractivity contribution in [2.45, 2.75) is 19.3 Å². The van der Waals surface area contributed by atoms with Crippen molar-refractivity contribution < 1.29 is 23.1 Å². The van der Waals surface area contributed by atoms with Crippen molar-refractivity contribution in [1.82, 2.24) is 14.9 Å². The lowest BCUT2D eigenvalue weighted by Gasteiger charge is -2.17. The summed E-state index contributed by atoms with van der Waals surface area (Å²) >= 11 is 0. The van der Waals surface area contributed by atoms with Crippen LogP contribution in [0, 0.1) is 0 Å². The first kappa shape index (κ1) is 16.9. The topological polar surface area (TPSA) is 66.3 Å². The van der Waals surface area contributed by atoms with Gasteiger partial charge in [-0.3, -0.25) is 9.88 Å². The highest BCUT2D eigenvalue weighted by atomic mass is 19.4. The molecule has 1 N–H and O–H groups in total. The van der Waals surface area contributed by atoms with Crippen molar-refractivity contribution in [2.75, 3.05) is 7.05 Å². The lowest BCUT2D eigenvalue weighted by molar-refractivity contribution is -0.137. The molecule has 8 heteroatoms. The van der Waals surface area contributed by atoms with Crippen LogP contribution in [0.3, 0.4) is 0 Å². The van der Waals surface area contributed by atoms with E-state index in [0.29, 0.717) is 24.3 Å². The highest BCUT2D eigenvalue weighted by Gasteiger charge is 2.30. The van der Waals surface area contributed by atoms with Gasteiger partial charge in [-0.25, -0.2) is 9.78 Å². The van der Waals surface area contributed by atoms with Crippen LogP contribution in [0.5, 0.6) is 0 Å². The van der Waals surface area contributed by atoms with Crippen LogP contribution in [0.25, 0.3) is 0 Å². The molecule has 0 aliphatic heterocycles. The normalized spacial score (nSPS) is 11.7. The Balaban J connectivity index is 2.02. The molecule has 0 spiro atoms. The van der Waals surface area contributed by atoms with Gasteiger partial charge < -0.3 is 5.11 Å². The van der Waals surface area contributed by atoms with Crippen LogP contribution in [0.4, 0.5) is 13.2 Å². The summed E-state index contributed by atoms with van der Waals surface area (Å²) in [6, 6.07) is 5.12. The van der Waals surface area contributed by atoms with Gasteiger partial charge in [-0.2, -0.15) is 13.2 Å². The Bertz CT molecular complexity index is 687. The maximum Gasteiger partial charge on any atom is 0.416 e. The number of hydrogen-bond acceptors (Lipinski definition) is 4. The van der Waals surface area contributed by atoms with E-state index in [0.717, 1.165) is 18.3 Å². The maximum atomic E-state index is 12.7. The predicted molar refractivity (Wildman–Crippen MR) is 75.6 cm³/mol. The fourth-order valence-electron chi connectivity index (χ4n) is 2.04. The van der Waals surface area contributed by atoms with Crippen molar-refractivity contribution in [2.24, 2.45) is 0 Å². The molecule has 2 aromatic rings. The van der Waals surface area contributed by atoms with Gasteiger partial charge in [0, 0.05) is 13.1 Å². The van der Waals surface area contributed by atoms with Crippen molar-refractivity contribution in [1.29, 1.82) is 0 Å². The molecule has 0 unspecified atom stereocenters. The van der Waals surface area contributed by atoms with E-state index in [1.165, 1.54) is 12.3 Å². The third-order valence-electron chi connectivity index (χ3n) is 3.06. The number of benzene rings is 1. The van der Waals surface area contributed by atoms with Gasteiger partial charge in [0.15, 0.2) is 5.69 Å². The number of hydrogen-bond donors (Lipinski definition) is 1. The van der Waals surface area contributed by atoms with Gasteiger partial charge in [0.25, 0.3) is 0 Å². The van der Waals surface area contributed by atoms with Crippen LogP contribution >= 0.6 is 0 Å². The molecule has 0 amide bonds. The SMILES string of the molecule is CN(Cc1cccc(C(F)(F)F)c1)Cc1cnc(C(=O)O)cn1. The fraction of sp³-hybridized carbons (Fsp3) is 0.267. The monoisotopic (exact) mass is 325 g/mol. The Labute approximate surface area is 130 Å². The van der Waals surface area contributed by atoms with Crippen LogP contribution in [0.1, 0.15) is 27.3 Å². The number of nitrogens with zero attached hydrogens (tertiary/aromatic N) is 3. The van der Waals surface area contributed by atoms with E-state index in [9.17, 15) is 18.0 Å². The molecule has 5 nitrogen and oxygen atoms in total. The summed E-state index contributed by atoms with van der Waals surface area (Å²) < 4.78 is 38.0. The quantitative estimate of drug-likeness (QED) is 0.916. The van der Waals surface area contributed by atoms with Crippen molar-refractivity contribution >= 4 is 5.97 Å². The van der Waals surface area contributed by atoms with Gasteiger partial charge in [-0.15, -0.1) is 0 Å². The Morgan fingerprint density at radius 2 is 1.96 bits per heavy atom. The molecule has 0 aliphatic carbocycles. The minimum Gasteiger partial charge on any atom is -0.476 e. The first-order chi connectivity index (χ1) is 10.8. The molecular weight excluding hydrogens is 311 g/mol. The number of halogens is 3. The maximum absolute atomic E-state index is 12.7. The summed E-state index contributed by atoms with van der Waals surface area (Å²) in [7, 11) is 1.73. The van der Waals surface area contributed by atoms with Gasteiger partial charge in [0.05, 0.1) is 23.7 Å². The molecule has 0 radical (unpaired) electrons. The number of rotatable bonds is 5. The summed E-state index contributed by atoms with van der Waals surface area (Å²) in [5.41, 5.74) is 0.213. The average Bonchev–Trinajstić information content (AvgIpc) is 2.47. The number of carboxylic acids is 1. The second-order valence-corrected chi connectivity index (χ2v) is 5.07.